The number of hydrogen-bond donors (Lipinski definition) is 1. The minimum atomic E-state index is -0.260. The van der Waals surface area contributed by atoms with E-state index in [0.29, 0.717) is 44.6 Å². The van der Waals surface area contributed by atoms with Gasteiger partial charge in [-0.25, -0.2) is 0 Å². The molecular weight excluding hydrogens is 260 g/mol. The summed E-state index contributed by atoms with van der Waals surface area (Å²) in [6, 6.07) is 3.61. The van der Waals surface area contributed by atoms with E-state index in [0.717, 1.165) is 0 Å². The molecule has 0 aromatic carbocycles. The van der Waals surface area contributed by atoms with Crippen LogP contribution in [-0.4, -0.2) is 37.1 Å². The van der Waals surface area contributed by atoms with Gasteiger partial charge in [-0.15, -0.1) is 0 Å². The Morgan fingerprint density at radius 1 is 1.30 bits per heavy atom. The van der Waals surface area contributed by atoms with Gasteiger partial charge in [0.2, 0.25) is 5.91 Å². The van der Waals surface area contributed by atoms with Crippen LogP contribution in [0.2, 0.25) is 0 Å². The molecule has 6 heteroatoms. The molecule has 1 amide bonds. The second kappa shape index (κ2) is 9.77. The molecule has 0 aliphatic heterocycles. The molecule has 110 valence electrons. The zero-order valence-corrected chi connectivity index (χ0v) is 11.6. The lowest BCUT2D eigenvalue weighted by atomic mass is 10.3. The predicted molar refractivity (Wildman–Crippen MR) is 73.2 cm³/mol. The van der Waals surface area contributed by atoms with Crippen LogP contribution in [0.3, 0.4) is 0 Å². The van der Waals surface area contributed by atoms with Crippen molar-refractivity contribution >= 4 is 11.9 Å². The number of carbonyl (C=O) groups excluding carboxylic acids is 2. The summed E-state index contributed by atoms with van der Waals surface area (Å²) < 4.78 is 9.93. The predicted octanol–water partition coefficient (Wildman–Crippen LogP) is 1.31. The Labute approximate surface area is 118 Å². The number of rotatable bonds is 9. The Bertz CT molecular complexity index is 409. The number of methoxy groups -OCH3 is 1. The summed E-state index contributed by atoms with van der Waals surface area (Å²) in [5.41, 5.74) is 0. The van der Waals surface area contributed by atoms with Crippen molar-refractivity contribution in [2.75, 3.05) is 20.3 Å². The van der Waals surface area contributed by atoms with Gasteiger partial charge in [0.05, 0.1) is 19.9 Å². The number of nitrogens with zero attached hydrogens (tertiary/aromatic N) is 1. The molecule has 20 heavy (non-hydrogen) atoms. The van der Waals surface area contributed by atoms with Crippen LogP contribution in [0, 0.1) is 0 Å². The number of nitrogens with one attached hydrogen (secondary N) is 1. The molecule has 0 radical (unpaired) electrons. The third-order valence-electron chi connectivity index (χ3n) is 2.56. The van der Waals surface area contributed by atoms with E-state index >= 15 is 0 Å². The molecule has 0 bridgehead atoms. The molecule has 0 spiro atoms. The van der Waals surface area contributed by atoms with Gasteiger partial charge in [0.15, 0.2) is 0 Å². The second-order valence-electron chi connectivity index (χ2n) is 4.17. The zero-order valence-electron chi connectivity index (χ0n) is 11.6. The highest BCUT2D eigenvalue weighted by molar-refractivity contribution is 5.75. The number of carbonyl (C=O) groups is 2. The van der Waals surface area contributed by atoms with Crippen LogP contribution in [0.25, 0.3) is 0 Å². The number of ether oxygens (including phenoxy) is 2. The molecule has 1 rings (SSSR count). The summed E-state index contributed by atoms with van der Waals surface area (Å²) in [4.78, 5) is 26.2. The third kappa shape index (κ3) is 7.35. The molecule has 0 atom stereocenters. The Balaban J connectivity index is 1.99. The maximum absolute atomic E-state index is 11.5. The number of amides is 1. The quantitative estimate of drug-likeness (QED) is 0.545. The molecule has 1 aromatic rings. The smallest absolute Gasteiger partial charge is 0.305 e. The van der Waals surface area contributed by atoms with Crippen molar-refractivity contribution in [3.05, 3.63) is 24.5 Å². The van der Waals surface area contributed by atoms with E-state index in [9.17, 15) is 9.59 Å². The summed E-state index contributed by atoms with van der Waals surface area (Å²) in [5.74, 6) is 0.403. The van der Waals surface area contributed by atoms with Crippen molar-refractivity contribution in [2.24, 2.45) is 0 Å². The van der Waals surface area contributed by atoms with Gasteiger partial charge in [0.1, 0.15) is 5.75 Å². The third-order valence-corrected chi connectivity index (χ3v) is 2.56. The van der Waals surface area contributed by atoms with E-state index < -0.39 is 0 Å². The second-order valence-corrected chi connectivity index (χ2v) is 4.17. The first kappa shape index (κ1) is 15.9. The molecule has 0 fully saturated rings. The van der Waals surface area contributed by atoms with Gasteiger partial charge in [-0.2, -0.15) is 0 Å². The lowest BCUT2D eigenvalue weighted by molar-refractivity contribution is -0.140. The topological polar surface area (TPSA) is 77.5 Å². The van der Waals surface area contributed by atoms with Crippen LogP contribution >= 0.6 is 0 Å². The number of pyridine rings is 1. The van der Waals surface area contributed by atoms with E-state index in [-0.39, 0.29) is 11.9 Å². The van der Waals surface area contributed by atoms with Crippen LogP contribution in [0.5, 0.6) is 5.75 Å². The summed E-state index contributed by atoms with van der Waals surface area (Å²) >= 11 is 0. The number of esters is 1. The first-order valence-corrected chi connectivity index (χ1v) is 6.58. The van der Waals surface area contributed by atoms with Crippen molar-refractivity contribution in [1.82, 2.24) is 10.3 Å². The first-order chi connectivity index (χ1) is 9.72. The molecule has 1 aromatic heterocycles. The van der Waals surface area contributed by atoms with E-state index in [1.54, 1.807) is 18.5 Å². The zero-order chi connectivity index (χ0) is 14.6. The molecule has 0 aliphatic carbocycles. The Hall–Kier alpha value is -2.11. The van der Waals surface area contributed by atoms with Gasteiger partial charge >= 0.3 is 5.97 Å². The molecule has 0 unspecified atom stereocenters. The summed E-state index contributed by atoms with van der Waals surface area (Å²) in [6.45, 7) is 0.957. The maximum Gasteiger partial charge on any atom is 0.305 e. The molecular formula is C14H20N2O4. The van der Waals surface area contributed by atoms with Crippen molar-refractivity contribution < 1.29 is 19.1 Å². The molecule has 1 N–H and O–H groups in total. The Morgan fingerprint density at radius 3 is 2.85 bits per heavy atom. The van der Waals surface area contributed by atoms with Gasteiger partial charge in [0, 0.05) is 25.6 Å². The SMILES string of the molecule is COC(=O)CCCNC(=O)CCCOc1cccnc1. The first-order valence-electron chi connectivity index (χ1n) is 6.58. The van der Waals surface area contributed by atoms with Gasteiger partial charge in [0.25, 0.3) is 0 Å². The molecule has 0 saturated carbocycles. The Kier molecular flexibility index (Phi) is 7.79. The van der Waals surface area contributed by atoms with Crippen molar-refractivity contribution in [3.63, 3.8) is 0 Å². The largest absolute Gasteiger partial charge is 0.492 e. The van der Waals surface area contributed by atoms with Gasteiger partial charge < -0.3 is 14.8 Å². The van der Waals surface area contributed by atoms with E-state index in [2.05, 4.69) is 15.0 Å². The van der Waals surface area contributed by atoms with Gasteiger partial charge in [-0.1, -0.05) is 0 Å². The highest BCUT2D eigenvalue weighted by Crippen LogP contribution is 2.06. The van der Waals surface area contributed by atoms with Crippen LogP contribution in [-0.2, 0) is 14.3 Å². The fourth-order valence-electron chi connectivity index (χ4n) is 1.51. The molecule has 0 aliphatic rings. The number of aromatic nitrogens is 1. The molecule has 1 heterocycles. The van der Waals surface area contributed by atoms with Crippen LogP contribution in [0.1, 0.15) is 25.7 Å². The highest BCUT2D eigenvalue weighted by Gasteiger charge is 2.03. The van der Waals surface area contributed by atoms with Crippen LogP contribution < -0.4 is 10.1 Å². The molecule has 0 saturated heterocycles. The maximum atomic E-state index is 11.5. The monoisotopic (exact) mass is 280 g/mol. The summed E-state index contributed by atoms with van der Waals surface area (Å²) in [5, 5.41) is 2.75. The fourth-order valence-corrected chi connectivity index (χ4v) is 1.51. The lowest BCUT2D eigenvalue weighted by Gasteiger charge is -2.06. The summed E-state index contributed by atoms with van der Waals surface area (Å²) in [7, 11) is 1.35. The fraction of sp³-hybridized carbons (Fsp3) is 0.500. The summed E-state index contributed by atoms with van der Waals surface area (Å²) in [6.07, 6.45) is 5.25. The average Bonchev–Trinajstić information content (AvgIpc) is 2.49. The van der Waals surface area contributed by atoms with Crippen LogP contribution in [0.4, 0.5) is 0 Å². The minimum absolute atomic E-state index is 0.0374. The standard InChI is InChI=1S/C14H20N2O4/c1-19-14(18)7-3-9-16-13(17)6-4-10-20-12-5-2-8-15-11-12/h2,5,8,11H,3-4,6-7,9-10H2,1H3,(H,16,17). The normalized spacial score (nSPS) is 9.85. The minimum Gasteiger partial charge on any atom is -0.492 e. The van der Waals surface area contributed by atoms with Crippen molar-refractivity contribution in [2.45, 2.75) is 25.7 Å². The average molecular weight is 280 g/mol. The van der Waals surface area contributed by atoms with Crippen molar-refractivity contribution in [1.29, 1.82) is 0 Å². The Morgan fingerprint density at radius 2 is 2.15 bits per heavy atom. The van der Waals surface area contributed by atoms with Gasteiger partial charge in [-0.05, 0) is 25.0 Å². The molecule has 6 nitrogen and oxygen atoms in total. The van der Waals surface area contributed by atoms with Gasteiger partial charge in [-0.3, -0.25) is 14.6 Å². The van der Waals surface area contributed by atoms with E-state index in [1.807, 2.05) is 6.07 Å². The van der Waals surface area contributed by atoms with Crippen LogP contribution in [0.15, 0.2) is 24.5 Å². The van der Waals surface area contributed by atoms with E-state index in [4.69, 9.17) is 4.74 Å². The van der Waals surface area contributed by atoms with Crippen molar-refractivity contribution in [3.8, 4) is 5.75 Å². The lowest BCUT2D eigenvalue weighted by Crippen LogP contribution is -2.25. The number of hydrogen-bond acceptors (Lipinski definition) is 5. The highest BCUT2D eigenvalue weighted by atomic mass is 16.5. The van der Waals surface area contributed by atoms with E-state index in [1.165, 1.54) is 7.11 Å².